The quantitative estimate of drug-likeness (QED) is 0.349. The summed E-state index contributed by atoms with van der Waals surface area (Å²) in [5.74, 6) is 0.291. The lowest BCUT2D eigenvalue weighted by molar-refractivity contribution is 0.0552. The summed E-state index contributed by atoms with van der Waals surface area (Å²) in [5, 5.41) is 12.9. The molecule has 1 atom stereocenters. The van der Waals surface area contributed by atoms with Crippen LogP contribution in [0.3, 0.4) is 0 Å². The van der Waals surface area contributed by atoms with Gasteiger partial charge in [0.25, 0.3) is 10.0 Å². The zero-order valence-electron chi connectivity index (χ0n) is 21.3. The second-order valence-corrected chi connectivity index (χ2v) is 11.6. The molecule has 1 aliphatic rings. The Morgan fingerprint density at radius 1 is 1.05 bits per heavy atom. The normalized spacial score (nSPS) is 16.1. The molecule has 0 N–H and O–H groups in total. The Morgan fingerprint density at radius 2 is 1.78 bits per heavy atom. The average Bonchev–Trinajstić information content (AvgIpc) is 3.52. The maximum atomic E-state index is 12.8. The number of aryl methyl sites for hydroxylation is 3. The van der Waals surface area contributed by atoms with Gasteiger partial charge >= 0.3 is 0 Å². The second kappa shape index (κ2) is 8.77. The molecule has 192 valence electrons. The van der Waals surface area contributed by atoms with Crippen molar-refractivity contribution >= 4 is 32.1 Å². The minimum atomic E-state index is -3.66. The SMILES string of the molecule is Cc1nnn(C)c1-c1cnc2c3c(c(C)nn3S(C)(=O)=O)n(C(c3ccccc3)C3CCOCC3)c2c1. The highest BCUT2D eigenvalue weighted by molar-refractivity contribution is 7.89. The van der Waals surface area contributed by atoms with Crippen LogP contribution in [0.25, 0.3) is 33.3 Å². The highest BCUT2D eigenvalue weighted by Crippen LogP contribution is 2.42. The van der Waals surface area contributed by atoms with Crippen LogP contribution in [0, 0.1) is 19.8 Å². The summed E-state index contributed by atoms with van der Waals surface area (Å²) in [4.78, 5) is 4.84. The number of hydrogen-bond acceptors (Lipinski definition) is 7. The van der Waals surface area contributed by atoms with Crippen molar-refractivity contribution in [2.24, 2.45) is 13.0 Å². The molecule has 5 heterocycles. The number of ether oxygens (including phenoxy) is 1. The van der Waals surface area contributed by atoms with Gasteiger partial charge in [-0.15, -0.1) is 5.10 Å². The fourth-order valence-electron chi connectivity index (χ4n) is 5.75. The van der Waals surface area contributed by atoms with E-state index in [2.05, 4.69) is 38.2 Å². The van der Waals surface area contributed by atoms with Gasteiger partial charge in [0.05, 0.1) is 40.4 Å². The molecule has 37 heavy (non-hydrogen) atoms. The molecule has 6 rings (SSSR count). The van der Waals surface area contributed by atoms with E-state index in [4.69, 9.17) is 9.72 Å². The van der Waals surface area contributed by atoms with Crippen LogP contribution in [0.1, 0.15) is 35.8 Å². The molecule has 5 aromatic rings. The predicted octanol–water partition coefficient (Wildman–Crippen LogP) is 3.62. The molecule has 0 amide bonds. The topological polar surface area (TPSA) is 110 Å². The van der Waals surface area contributed by atoms with E-state index < -0.39 is 10.0 Å². The van der Waals surface area contributed by atoms with Crippen LogP contribution in [-0.2, 0) is 21.8 Å². The Bertz CT molecular complexity index is 1710. The summed E-state index contributed by atoms with van der Waals surface area (Å²) in [6.07, 6.45) is 4.74. The zero-order valence-corrected chi connectivity index (χ0v) is 22.1. The first-order valence-corrected chi connectivity index (χ1v) is 14.2. The molecule has 0 saturated carbocycles. The van der Waals surface area contributed by atoms with Crippen LogP contribution in [0.4, 0.5) is 0 Å². The van der Waals surface area contributed by atoms with Crippen LogP contribution in [0.2, 0.25) is 0 Å². The Kier molecular flexibility index (Phi) is 5.64. The van der Waals surface area contributed by atoms with Gasteiger partial charge in [-0.25, -0.2) is 13.1 Å². The van der Waals surface area contributed by atoms with Gasteiger partial charge in [0.2, 0.25) is 0 Å². The van der Waals surface area contributed by atoms with Gasteiger partial charge in [-0.3, -0.25) is 4.98 Å². The maximum absolute atomic E-state index is 12.8. The van der Waals surface area contributed by atoms with Crippen molar-refractivity contribution in [3.05, 3.63) is 59.5 Å². The highest BCUT2D eigenvalue weighted by Gasteiger charge is 2.33. The highest BCUT2D eigenvalue weighted by atomic mass is 32.2. The minimum absolute atomic E-state index is 0.0520. The van der Waals surface area contributed by atoms with E-state index in [0.717, 1.165) is 50.5 Å². The summed E-state index contributed by atoms with van der Waals surface area (Å²) < 4.78 is 36.5. The van der Waals surface area contributed by atoms with Gasteiger partial charge in [-0.05, 0) is 44.2 Å². The summed E-state index contributed by atoms with van der Waals surface area (Å²) >= 11 is 0. The van der Waals surface area contributed by atoms with E-state index >= 15 is 0 Å². The molecule has 1 aliphatic heterocycles. The lowest BCUT2D eigenvalue weighted by Gasteiger charge is -2.33. The number of rotatable bonds is 5. The maximum Gasteiger partial charge on any atom is 0.251 e. The molecule has 0 radical (unpaired) electrons. The number of hydrogen-bond donors (Lipinski definition) is 0. The smallest absolute Gasteiger partial charge is 0.251 e. The Hall–Kier alpha value is -3.57. The van der Waals surface area contributed by atoms with Crippen molar-refractivity contribution in [3.8, 4) is 11.3 Å². The van der Waals surface area contributed by atoms with E-state index in [1.165, 1.54) is 6.26 Å². The largest absolute Gasteiger partial charge is 0.381 e. The number of benzene rings is 1. The Morgan fingerprint density at radius 3 is 2.43 bits per heavy atom. The van der Waals surface area contributed by atoms with E-state index in [9.17, 15) is 8.42 Å². The number of pyridine rings is 1. The summed E-state index contributed by atoms with van der Waals surface area (Å²) in [6, 6.07) is 12.4. The molecule has 0 bridgehead atoms. The third-order valence-corrected chi connectivity index (χ3v) is 8.20. The first-order valence-electron chi connectivity index (χ1n) is 12.3. The van der Waals surface area contributed by atoms with Crippen molar-refractivity contribution in [2.75, 3.05) is 19.5 Å². The van der Waals surface area contributed by atoms with Crippen molar-refractivity contribution < 1.29 is 13.2 Å². The van der Waals surface area contributed by atoms with Gasteiger partial charge in [0, 0.05) is 32.0 Å². The third kappa shape index (κ3) is 3.84. The molecule has 0 aliphatic carbocycles. The molecule has 1 fully saturated rings. The minimum Gasteiger partial charge on any atom is -0.381 e. The summed E-state index contributed by atoms with van der Waals surface area (Å²) in [5.41, 5.74) is 7.09. The molecule has 10 nitrogen and oxygen atoms in total. The fourth-order valence-corrected chi connectivity index (χ4v) is 6.53. The summed E-state index contributed by atoms with van der Waals surface area (Å²) in [6.45, 7) is 5.17. The van der Waals surface area contributed by atoms with Crippen LogP contribution in [-0.4, -0.2) is 61.6 Å². The van der Waals surface area contributed by atoms with Crippen molar-refractivity contribution in [1.82, 2.24) is 33.7 Å². The molecule has 0 spiro atoms. The number of fused-ring (bicyclic) bond motifs is 3. The van der Waals surface area contributed by atoms with Crippen LogP contribution < -0.4 is 0 Å². The lowest BCUT2D eigenvalue weighted by atomic mass is 9.86. The lowest BCUT2D eigenvalue weighted by Crippen LogP contribution is -2.27. The van der Waals surface area contributed by atoms with Gasteiger partial charge in [-0.1, -0.05) is 35.5 Å². The first kappa shape index (κ1) is 23.8. The van der Waals surface area contributed by atoms with Gasteiger partial charge in [0.1, 0.15) is 11.0 Å². The van der Waals surface area contributed by atoms with E-state index in [-0.39, 0.29) is 6.04 Å². The number of nitrogens with zero attached hydrogens (tertiary/aromatic N) is 7. The Balaban J connectivity index is 1.74. The van der Waals surface area contributed by atoms with Gasteiger partial charge in [0.15, 0.2) is 0 Å². The van der Waals surface area contributed by atoms with Crippen molar-refractivity contribution in [1.29, 1.82) is 0 Å². The molecular formula is C26H29N7O3S. The van der Waals surface area contributed by atoms with Gasteiger partial charge < -0.3 is 9.30 Å². The zero-order chi connectivity index (χ0) is 25.9. The van der Waals surface area contributed by atoms with Crippen LogP contribution in [0.5, 0.6) is 0 Å². The molecule has 11 heteroatoms. The molecule has 1 saturated heterocycles. The van der Waals surface area contributed by atoms with Crippen molar-refractivity contribution in [3.63, 3.8) is 0 Å². The predicted molar refractivity (Wildman–Crippen MR) is 141 cm³/mol. The average molecular weight is 520 g/mol. The third-order valence-electron chi connectivity index (χ3n) is 7.31. The van der Waals surface area contributed by atoms with E-state index in [1.807, 2.05) is 39.1 Å². The van der Waals surface area contributed by atoms with Gasteiger partial charge in [-0.2, -0.15) is 9.19 Å². The second-order valence-electron chi connectivity index (χ2n) is 9.80. The molecule has 4 aromatic heterocycles. The standard InChI is InChI=1S/C26H29N7O3S/c1-16-23(31(3)30-28-16)20-14-21-22(27-15-20)26-24(17(2)29-33(26)37(4,34)35)32(21)25(18-8-6-5-7-9-18)19-10-12-36-13-11-19/h5-9,14-15,19,25H,10-13H2,1-4H3. The molecular weight excluding hydrogens is 490 g/mol. The van der Waals surface area contributed by atoms with E-state index in [1.54, 1.807) is 10.9 Å². The molecule has 1 unspecified atom stereocenters. The van der Waals surface area contributed by atoms with Crippen LogP contribution >= 0.6 is 0 Å². The number of aromatic nitrogens is 7. The monoisotopic (exact) mass is 519 g/mol. The van der Waals surface area contributed by atoms with Crippen LogP contribution in [0.15, 0.2) is 42.6 Å². The Labute approximate surface area is 214 Å². The molecule has 1 aromatic carbocycles. The fraction of sp³-hybridized carbons (Fsp3) is 0.385. The summed E-state index contributed by atoms with van der Waals surface area (Å²) in [7, 11) is -1.80. The van der Waals surface area contributed by atoms with E-state index in [0.29, 0.717) is 35.9 Å². The van der Waals surface area contributed by atoms with Crippen molar-refractivity contribution in [2.45, 2.75) is 32.7 Å². The first-order chi connectivity index (χ1) is 17.8.